The van der Waals surface area contributed by atoms with E-state index in [9.17, 15) is 19.5 Å². The van der Waals surface area contributed by atoms with E-state index in [-0.39, 0.29) is 30.9 Å². The number of hydrogen-bond acceptors (Lipinski definition) is 5. The number of nitrogens with one attached hydrogen (secondary N) is 1. The fourth-order valence-corrected chi connectivity index (χ4v) is 5.43. The van der Waals surface area contributed by atoms with Crippen LogP contribution < -0.4 is 5.32 Å². The predicted molar refractivity (Wildman–Crippen MR) is 130 cm³/mol. The second kappa shape index (κ2) is 9.97. The van der Waals surface area contributed by atoms with Crippen LogP contribution in [0.3, 0.4) is 0 Å². The molecule has 7 nitrogen and oxygen atoms in total. The van der Waals surface area contributed by atoms with Crippen molar-refractivity contribution in [3.8, 4) is 0 Å². The minimum absolute atomic E-state index is 0.192. The van der Waals surface area contributed by atoms with E-state index in [1.807, 2.05) is 68.5 Å². The molecule has 180 valence electrons. The zero-order valence-electron chi connectivity index (χ0n) is 19.8. The Morgan fingerprint density at radius 1 is 1.12 bits per heavy atom. The number of benzene rings is 2. The lowest BCUT2D eigenvalue weighted by atomic mass is 9.70. The number of likely N-dealkylation sites (tertiary alicyclic amines) is 1. The van der Waals surface area contributed by atoms with Gasteiger partial charge in [0.2, 0.25) is 11.8 Å². The minimum Gasteiger partial charge on any atom is -0.466 e. The molecule has 1 fully saturated rings. The number of nitrogens with zero attached hydrogens (tertiary/aromatic N) is 1. The molecule has 7 heteroatoms. The normalized spacial score (nSPS) is 26.9. The third-order valence-corrected chi connectivity index (χ3v) is 7.13. The molecule has 2 amide bonds. The van der Waals surface area contributed by atoms with Gasteiger partial charge in [-0.15, -0.1) is 0 Å². The maximum atomic E-state index is 13.7. The van der Waals surface area contributed by atoms with Crippen molar-refractivity contribution in [3.05, 3.63) is 54.6 Å². The molecule has 0 radical (unpaired) electrons. The topological polar surface area (TPSA) is 95.9 Å². The molecular weight excluding hydrogens is 432 g/mol. The molecule has 0 unspecified atom stereocenters. The molecule has 1 aliphatic heterocycles. The zero-order valence-corrected chi connectivity index (χ0v) is 19.8. The van der Waals surface area contributed by atoms with Gasteiger partial charge in [0.05, 0.1) is 31.1 Å². The monoisotopic (exact) mass is 464 g/mol. The van der Waals surface area contributed by atoms with E-state index in [1.54, 1.807) is 6.92 Å². The first-order chi connectivity index (χ1) is 16.4. The molecule has 1 aliphatic carbocycles. The van der Waals surface area contributed by atoms with Crippen LogP contribution in [-0.2, 0) is 19.1 Å². The van der Waals surface area contributed by atoms with Crippen LogP contribution >= 0.6 is 0 Å². The van der Waals surface area contributed by atoms with E-state index in [0.717, 1.165) is 10.8 Å². The van der Waals surface area contributed by atoms with Gasteiger partial charge in [0, 0.05) is 11.6 Å². The number of fused-ring (bicyclic) bond motifs is 2. The summed E-state index contributed by atoms with van der Waals surface area (Å²) in [6.45, 7) is 5.46. The summed E-state index contributed by atoms with van der Waals surface area (Å²) in [6, 6.07) is 12.2. The molecule has 6 atom stereocenters. The van der Waals surface area contributed by atoms with Crippen molar-refractivity contribution >= 4 is 34.2 Å². The molecule has 2 aromatic rings. The van der Waals surface area contributed by atoms with Crippen LogP contribution in [0.5, 0.6) is 0 Å². The molecule has 0 aromatic heterocycles. The fourth-order valence-electron chi connectivity index (χ4n) is 5.43. The molecule has 0 spiro atoms. The Bertz CT molecular complexity index is 1110. The second-order valence-electron chi connectivity index (χ2n) is 9.11. The third-order valence-electron chi connectivity index (χ3n) is 7.13. The number of anilines is 1. The van der Waals surface area contributed by atoms with Crippen molar-refractivity contribution in [2.45, 2.75) is 39.3 Å². The van der Waals surface area contributed by atoms with Gasteiger partial charge in [0.25, 0.3) is 0 Å². The summed E-state index contributed by atoms with van der Waals surface area (Å²) in [4.78, 5) is 41.7. The minimum atomic E-state index is -0.832. The maximum Gasteiger partial charge on any atom is 0.310 e. The number of allylic oxidation sites excluding steroid dienone is 1. The van der Waals surface area contributed by atoms with Crippen LogP contribution in [0.15, 0.2) is 54.6 Å². The van der Waals surface area contributed by atoms with E-state index in [4.69, 9.17) is 4.74 Å². The van der Waals surface area contributed by atoms with Crippen LogP contribution in [0.1, 0.15) is 27.2 Å². The van der Waals surface area contributed by atoms with E-state index in [0.29, 0.717) is 12.1 Å². The molecule has 1 heterocycles. The highest BCUT2D eigenvalue weighted by atomic mass is 16.5. The van der Waals surface area contributed by atoms with Gasteiger partial charge >= 0.3 is 5.97 Å². The van der Waals surface area contributed by atoms with E-state index in [2.05, 4.69) is 5.32 Å². The standard InChI is InChI=1S/C27H32N2O5/c1-4-20(15-30)29-24(25(31)28-19-12-11-17-8-6-7-9-18(17)14-19)21-13-10-16(3)22(23(21)26(29)32)27(33)34-5-2/h6-14,16,20-24,30H,4-5,15H2,1-3H3,(H,28,31)/t16-,20+,21+,22-,23-,24+/m1/s1. The van der Waals surface area contributed by atoms with Crippen molar-refractivity contribution < 1.29 is 24.2 Å². The lowest BCUT2D eigenvalue weighted by molar-refractivity contribution is -0.155. The summed E-state index contributed by atoms with van der Waals surface area (Å²) in [5, 5.41) is 15.1. The average Bonchev–Trinajstić information content (AvgIpc) is 3.12. The molecular formula is C27H32N2O5. The number of carbonyl (C=O) groups is 3. The van der Waals surface area contributed by atoms with Crippen LogP contribution in [0, 0.1) is 23.7 Å². The number of ether oxygens (including phenoxy) is 1. The first-order valence-electron chi connectivity index (χ1n) is 12.0. The Kier molecular flexibility index (Phi) is 7.03. The number of aliphatic hydroxyl groups excluding tert-OH is 1. The second-order valence-corrected chi connectivity index (χ2v) is 9.11. The molecule has 2 aliphatic rings. The van der Waals surface area contributed by atoms with Gasteiger partial charge < -0.3 is 20.1 Å². The average molecular weight is 465 g/mol. The molecule has 4 rings (SSSR count). The van der Waals surface area contributed by atoms with Gasteiger partial charge in [0.1, 0.15) is 6.04 Å². The van der Waals surface area contributed by atoms with Crippen molar-refractivity contribution in [3.63, 3.8) is 0 Å². The Balaban J connectivity index is 1.70. The first kappa shape index (κ1) is 24.0. The van der Waals surface area contributed by atoms with Crippen molar-refractivity contribution in [1.82, 2.24) is 4.90 Å². The Hall–Kier alpha value is -3.19. The number of amides is 2. The maximum absolute atomic E-state index is 13.7. The number of carbonyl (C=O) groups excluding carboxylic acids is 3. The van der Waals surface area contributed by atoms with Gasteiger partial charge in [-0.1, -0.05) is 56.3 Å². The van der Waals surface area contributed by atoms with Gasteiger partial charge in [-0.05, 0) is 42.2 Å². The smallest absolute Gasteiger partial charge is 0.310 e. The zero-order chi connectivity index (χ0) is 24.4. The molecule has 1 saturated heterocycles. The molecule has 0 saturated carbocycles. The fraction of sp³-hybridized carbons (Fsp3) is 0.444. The van der Waals surface area contributed by atoms with Gasteiger partial charge in [-0.3, -0.25) is 14.4 Å². The predicted octanol–water partition coefficient (Wildman–Crippen LogP) is 3.38. The highest BCUT2D eigenvalue weighted by molar-refractivity contribution is 6.02. The molecule has 0 bridgehead atoms. The summed E-state index contributed by atoms with van der Waals surface area (Å²) in [6.07, 6.45) is 4.28. The quantitative estimate of drug-likeness (QED) is 0.484. The Morgan fingerprint density at radius 3 is 2.53 bits per heavy atom. The summed E-state index contributed by atoms with van der Waals surface area (Å²) >= 11 is 0. The number of hydrogen-bond donors (Lipinski definition) is 2. The highest BCUT2D eigenvalue weighted by Crippen LogP contribution is 2.45. The summed E-state index contributed by atoms with van der Waals surface area (Å²) < 4.78 is 5.30. The summed E-state index contributed by atoms with van der Waals surface area (Å²) in [5.74, 6) is -3.08. The van der Waals surface area contributed by atoms with Crippen LogP contribution in [0.4, 0.5) is 5.69 Å². The van der Waals surface area contributed by atoms with Crippen LogP contribution in [0.2, 0.25) is 0 Å². The first-order valence-corrected chi connectivity index (χ1v) is 12.0. The lowest BCUT2D eigenvalue weighted by Crippen LogP contribution is -2.50. The summed E-state index contributed by atoms with van der Waals surface area (Å²) in [7, 11) is 0. The van der Waals surface area contributed by atoms with Crippen LogP contribution in [0.25, 0.3) is 10.8 Å². The van der Waals surface area contributed by atoms with Crippen molar-refractivity contribution in [2.75, 3.05) is 18.5 Å². The van der Waals surface area contributed by atoms with E-state index >= 15 is 0 Å². The molecule has 2 aromatic carbocycles. The number of rotatable bonds is 7. The van der Waals surface area contributed by atoms with Gasteiger partial charge in [-0.2, -0.15) is 0 Å². The largest absolute Gasteiger partial charge is 0.466 e. The van der Waals surface area contributed by atoms with E-state index < -0.39 is 35.8 Å². The number of esters is 1. The Morgan fingerprint density at radius 2 is 1.85 bits per heavy atom. The highest BCUT2D eigenvalue weighted by Gasteiger charge is 2.58. The van der Waals surface area contributed by atoms with Crippen molar-refractivity contribution in [1.29, 1.82) is 0 Å². The SMILES string of the molecule is CCOC(=O)[C@H]1[C@@H]2C(=O)N([C@@H](CC)CO)[C@H](C(=O)Nc3ccc4ccccc4c3)[C@H]2C=C[C@H]1C. The van der Waals surface area contributed by atoms with Crippen molar-refractivity contribution in [2.24, 2.45) is 23.7 Å². The van der Waals surface area contributed by atoms with Gasteiger partial charge in [0.15, 0.2) is 0 Å². The third kappa shape index (κ3) is 4.20. The van der Waals surface area contributed by atoms with Gasteiger partial charge in [-0.25, -0.2) is 0 Å². The summed E-state index contributed by atoms with van der Waals surface area (Å²) in [5.41, 5.74) is 0.631. The molecule has 34 heavy (non-hydrogen) atoms. The molecule has 2 N–H and O–H groups in total. The number of aliphatic hydroxyl groups is 1. The lowest BCUT2D eigenvalue weighted by Gasteiger charge is -2.33. The van der Waals surface area contributed by atoms with Crippen LogP contribution in [-0.4, -0.2) is 53.1 Å². The Labute approximate surface area is 199 Å². The van der Waals surface area contributed by atoms with E-state index in [1.165, 1.54) is 4.90 Å².